The fourth-order valence-electron chi connectivity index (χ4n) is 10.1. The van der Waals surface area contributed by atoms with Crippen molar-refractivity contribution in [3.05, 3.63) is 23.3 Å². The summed E-state index contributed by atoms with van der Waals surface area (Å²) >= 11 is 0. The van der Waals surface area contributed by atoms with E-state index in [4.69, 9.17) is 4.74 Å². The van der Waals surface area contributed by atoms with Gasteiger partial charge in [-0.2, -0.15) is 0 Å². The van der Waals surface area contributed by atoms with E-state index in [1.807, 2.05) is 5.57 Å². The van der Waals surface area contributed by atoms with Gasteiger partial charge in [0.05, 0.1) is 0 Å². The number of hydrogen-bond donors (Lipinski definition) is 1. The molecule has 0 aromatic heterocycles. The Bertz CT molecular complexity index is 950. The van der Waals surface area contributed by atoms with Crippen LogP contribution in [0, 0.1) is 40.4 Å². The highest BCUT2D eigenvalue weighted by Gasteiger charge is 2.56. The van der Waals surface area contributed by atoms with Crippen LogP contribution in [0.5, 0.6) is 0 Å². The number of unbranched alkanes of at least 4 members (excludes halogenated alkanes) is 7. The summed E-state index contributed by atoms with van der Waals surface area (Å²) in [6, 6.07) is 0. The first-order chi connectivity index (χ1) is 21.2. The summed E-state index contributed by atoms with van der Waals surface area (Å²) in [5.41, 5.74) is 4.13. The van der Waals surface area contributed by atoms with Crippen LogP contribution in [0.15, 0.2) is 23.3 Å². The van der Waals surface area contributed by atoms with Gasteiger partial charge in [-0.25, -0.2) is 0 Å². The molecule has 0 unspecified atom stereocenters. The second-order valence-electron chi connectivity index (χ2n) is 16.5. The first-order valence-corrected chi connectivity index (χ1v) is 19.5. The molecular weight excluding hydrogens is 538 g/mol. The molecule has 4 aliphatic carbocycles. The van der Waals surface area contributed by atoms with Crippen LogP contribution >= 0.6 is 0 Å². The number of hydrogen-bond acceptors (Lipinski definition) is 3. The van der Waals surface area contributed by atoms with Crippen LogP contribution in [0.3, 0.4) is 0 Å². The average Bonchev–Trinajstić information content (AvgIpc) is 3.35. The van der Waals surface area contributed by atoms with Gasteiger partial charge in [0.15, 0.2) is 0 Å². The second kappa shape index (κ2) is 17.2. The molecule has 2 saturated carbocycles. The number of fused-ring (bicyclic) bond motifs is 5. The lowest BCUT2D eigenvalue weighted by molar-refractivity contribution is -0.151. The normalized spacial score (nSPS) is 32.0. The molecule has 2 fully saturated rings. The highest BCUT2D eigenvalue weighted by Crippen LogP contribution is 2.65. The van der Waals surface area contributed by atoms with Crippen LogP contribution in [0.2, 0.25) is 0 Å². The standard InChI is InChI=1S/C41H71NO2/c1-7-8-9-10-11-12-13-14-28-42-29-16-19-39(43)44-34-24-26-40(5)33(30-34)20-21-35-37-23-22-36(32(4)18-15-17-31(2)3)41(37,6)27-25-38(35)40/h20,23,31-32,34-36,38,42H,7-19,21-22,24-30H2,1-6H3/t32-,34+,35+,36-,38+,40+,41-/m1/s1. The topological polar surface area (TPSA) is 38.3 Å². The van der Waals surface area contributed by atoms with Crippen LogP contribution in [-0.2, 0) is 9.53 Å². The summed E-state index contributed by atoms with van der Waals surface area (Å²) in [6.45, 7) is 16.8. The van der Waals surface area contributed by atoms with Crippen molar-refractivity contribution in [2.24, 2.45) is 40.4 Å². The van der Waals surface area contributed by atoms with Gasteiger partial charge in [-0.15, -0.1) is 0 Å². The van der Waals surface area contributed by atoms with Gasteiger partial charge < -0.3 is 10.1 Å². The first-order valence-electron chi connectivity index (χ1n) is 19.5. The van der Waals surface area contributed by atoms with Gasteiger partial charge in [0.1, 0.15) is 6.10 Å². The van der Waals surface area contributed by atoms with Crippen molar-refractivity contribution in [2.45, 2.75) is 176 Å². The molecule has 0 aromatic carbocycles. The van der Waals surface area contributed by atoms with Gasteiger partial charge in [0, 0.05) is 12.8 Å². The highest BCUT2D eigenvalue weighted by atomic mass is 16.5. The number of ether oxygens (including phenoxy) is 1. The molecule has 0 radical (unpaired) electrons. The van der Waals surface area contributed by atoms with E-state index in [1.165, 1.54) is 103 Å². The van der Waals surface area contributed by atoms with Gasteiger partial charge in [-0.3, -0.25) is 4.79 Å². The SMILES string of the molecule is CCCCCCCCCCNCCCC(=O)O[C@H]1CC[C@@]2(C)C(=CC[C@H]3C4=CC[C@H]([C@H](C)CCCC(C)C)[C@@]4(C)CC[C@@H]32)C1. The first kappa shape index (κ1) is 35.8. The predicted octanol–water partition coefficient (Wildman–Crippen LogP) is 11.4. The molecule has 0 aromatic rings. The summed E-state index contributed by atoms with van der Waals surface area (Å²) in [4.78, 5) is 12.7. The minimum Gasteiger partial charge on any atom is -0.462 e. The van der Waals surface area contributed by atoms with E-state index < -0.39 is 0 Å². The third-order valence-corrected chi connectivity index (χ3v) is 12.9. The molecule has 0 amide bonds. The lowest BCUT2D eigenvalue weighted by atomic mass is 9.48. The Morgan fingerprint density at radius 3 is 2.32 bits per heavy atom. The molecule has 0 spiro atoms. The zero-order valence-electron chi connectivity index (χ0n) is 30.0. The van der Waals surface area contributed by atoms with Crippen LogP contribution < -0.4 is 5.32 Å². The van der Waals surface area contributed by atoms with Gasteiger partial charge in [-0.05, 0) is 105 Å². The number of carbonyl (C=O) groups excluding carboxylic acids is 1. The van der Waals surface area contributed by atoms with E-state index in [1.54, 1.807) is 5.57 Å². The van der Waals surface area contributed by atoms with E-state index in [0.717, 1.165) is 61.9 Å². The average molecular weight is 610 g/mol. The van der Waals surface area contributed by atoms with Gasteiger partial charge in [-0.1, -0.05) is 129 Å². The Labute approximate surface area is 273 Å². The van der Waals surface area contributed by atoms with Crippen molar-refractivity contribution in [3.63, 3.8) is 0 Å². The molecule has 3 heteroatoms. The van der Waals surface area contributed by atoms with Gasteiger partial charge in [0.25, 0.3) is 0 Å². The molecule has 0 aliphatic heterocycles. The minimum absolute atomic E-state index is 0.0138. The van der Waals surface area contributed by atoms with Gasteiger partial charge >= 0.3 is 5.97 Å². The maximum Gasteiger partial charge on any atom is 0.306 e. The number of carbonyl (C=O) groups is 1. The van der Waals surface area contributed by atoms with E-state index in [-0.39, 0.29) is 17.5 Å². The third kappa shape index (κ3) is 9.04. The van der Waals surface area contributed by atoms with Crippen LogP contribution in [0.25, 0.3) is 0 Å². The molecule has 7 atom stereocenters. The Morgan fingerprint density at radius 2 is 1.57 bits per heavy atom. The minimum atomic E-state index is 0.0138. The summed E-state index contributed by atoms with van der Waals surface area (Å²) < 4.78 is 6.07. The van der Waals surface area contributed by atoms with Crippen molar-refractivity contribution in [1.82, 2.24) is 5.32 Å². The summed E-state index contributed by atoms with van der Waals surface area (Å²) in [7, 11) is 0. The number of allylic oxidation sites excluding steroid dienone is 3. The summed E-state index contributed by atoms with van der Waals surface area (Å²) in [5.74, 6) is 3.99. The fourth-order valence-corrected chi connectivity index (χ4v) is 10.1. The van der Waals surface area contributed by atoms with Crippen LogP contribution in [0.1, 0.15) is 170 Å². The molecule has 0 heterocycles. The van der Waals surface area contributed by atoms with Crippen LogP contribution in [0.4, 0.5) is 0 Å². The van der Waals surface area contributed by atoms with E-state index in [2.05, 4.69) is 59.0 Å². The lowest BCUT2D eigenvalue weighted by Gasteiger charge is -2.57. The zero-order valence-corrected chi connectivity index (χ0v) is 30.0. The maximum absolute atomic E-state index is 12.7. The van der Waals surface area contributed by atoms with E-state index in [0.29, 0.717) is 11.8 Å². The molecule has 4 aliphatic rings. The predicted molar refractivity (Wildman–Crippen MR) is 188 cm³/mol. The van der Waals surface area contributed by atoms with E-state index in [9.17, 15) is 4.79 Å². The zero-order chi connectivity index (χ0) is 31.6. The number of rotatable bonds is 19. The quantitative estimate of drug-likeness (QED) is 0.0899. The molecule has 44 heavy (non-hydrogen) atoms. The lowest BCUT2D eigenvalue weighted by Crippen LogP contribution is -2.48. The second-order valence-corrected chi connectivity index (χ2v) is 16.5. The number of esters is 1. The molecule has 252 valence electrons. The van der Waals surface area contributed by atoms with E-state index >= 15 is 0 Å². The third-order valence-electron chi connectivity index (χ3n) is 12.9. The van der Waals surface area contributed by atoms with Crippen LogP contribution in [-0.4, -0.2) is 25.2 Å². The van der Waals surface area contributed by atoms with Crippen molar-refractivity contribution < 1.29 is 9.53 Å². The Kier molecular flexibility index (Phi) is 14.0. The highest BCUT2D eigenvalue weighted by molar-refractivity contribution is 5.69. The molecule has 4 rings (SSSR count). The molecule has 3 nitrogen and oxygen atoms in total. The van der Waals surface area contributed by atoms with Gasteiger partial charge in [0.2, 0.25) is 0 Å². The van der Waals surface area contributed by atoms with Crippen molar-refractivity contribution in [3.8, 4) is 0 Å². The summed E-state index contributed by atoms with van der Waals surface area (Å²) in [6.07, 6.45) is 30.3. The largest absolute Gasteiger partial charge is 0.462 e. The molecule has 0 saturated heterocycles. The van der Waals surface area contributed by atoms with Crippen molar-refractivity contribution in [1.29, 1.82) is 0 Å². The number of nitrogens with one attached hydrogen (secondary N) is 1. The molecule has 0 bridgehead atoms. The maximum atomic E-state index is 12.7. The van der Waals surface area contributed by atoms with Crippen molar-refractivity contribution in [2.75, 3.05) is 13.1 Å². The summed E-state index contributed by atoms with van der Waals surface area (Å²) in [5, 5.41) is 3.54. The van der Waals surface area contributed by atoms with Crippen molar-refractivity contribution >= 4 is 5.97 Å². The Balaban J connectivity index is 1.17. The fraction of sp³-hybridized carbons (Fsp3) is 0.878. The molecule has 1 N–H and O–H groups in total. The monoisotopic (exact) mass is 610 g/mol. The smallest absolute Gasteiger partial charge is 0.306 e. The Morgan fingerprint density at radius 1 is 0.864 bits per heavy atom. The Hall–Kier alpha value is -1.09. The molecular formula is C41H71NO2.